The molecular weight excluding hydrogens is 1180 g/mol. The van der Waals surface area contributed by atoms with Gasteiger partial charge in [-0.2, -0.15) is 0 Å². The van der Waals surface area contributed by atoms with E-state index in [1.807, 2.05) is 133 Å². The Labute approximate surface area is 535 Å². The van der Waals surface area contributed by atoms with Crippen LogP contribution < -0.4 is 14.2 Å². The van der Waals surface area contributed by atoms with Gasteiger partial charge in [0.05, 0.1) is 61.4 Å². The molecular formula is C77H63N3O5S4. The van der Waals surface area contributed by atoms with Gasteiger partial charge in [-0.3, -0.25) is 0 Å². The highest BCUT2D eigenvalue weighted by atomic mass is 32.1. The van der Waals surface area contributed by atoms with Gasteiger partial charge in [-0.25, -0.2) is 15.0 Å². The third-order valence-corrected chi connectivity index (χ3v) is 18.0. The Morgan fingerprint density at radius 2 is 0.640 bits per heavy atom. The van der Waals surface area contributed by atoms with E-state index < -0.39 is 0 Å². The molecule has 0 saturated carbocycles. The largest absolute Gasteiger partial charge is 0.494 e. The van der Waals surface area contributed by atoms with Crippen LogP contribution in [0, 0.1) is 0 Å². The van der Waals surface area contributed by atoms with Gasteiger partial charge >= 0.3 is 0 Å². The maximum absolute atomic E-state index is 5.96. The van der Waals surface area contributed by atoms with Gasteiger partial charge in [0.15, 0.2) is 11.5 Å². The first-order valence-corrected chi connectivity index (χ1v) is 33.2. The van der Waals surface area contributed by atoms with Gasteiger partial charge in [0.1, 0.15) is 40.1 Å². The zero-order valence-electron chi connectivity index (χ0n) is 49.0. The summed E-state index contributed by atoms with van der Waals surface area (Å²) in [6.45, 7) is 3.05. The topological polar surface area (TPSA) is 92.6 Å². The fraction of sp³-hybridized carbons (Fsp3) is 0.104. The van der Waals surface area contributed by atoms with Gasteiger partial charge in [0.25, 0.3) is 0 Å². The summed E-state index contributed by atoms with van der Waals surface area (Å²) in [6.07, 6.45) is 11.0. The quantitative estimate of drug-likeness (QED) is 0.0657. The lowest BCUT2D eigenvalue weighted by Gasteiger charge is -2.10. The number of aromatic nitrogens is 3. The smallest absolute Gasteiger partial charge is 0.152 e. The second kappa shape index (κ2) is 30.3. The Bertz CT molecular complexity index is 3970. The molecule has 14 rings (SSSR count). The fourth-order valence-corrected chi connectivity index (χ4v) is 12.6. The van der Waals surface area contributed by atoms with Crippen molar-refractivity contribution in [2.45, 2.75) is 45.4 Å². The van der Waals surface area contributed by atoms with Gasteiger partial charge in [-0.15, -0.1) is 45.3 Å². The summed E-state index contributed by atoms with van der Waals surface area (Å²) in [6, 6.07) is 81.3. The molecule has 440 valence electrons. The molecule has 0 aliphatic rings. The molecule has 12 heteroatoms. The first kappa shape index (κ1) is 59.6. The van der Waals surface area contributed by atoms with Gasteiger partial charge < -0.3 is 23.0 Å². The van der Waals surface area contributed by atoms with Crippen molar-refractivity contribution in [1.82, 2.24) is 15.0 Å². The fourth-order valence-electron chi connectivity index (χ4n) is 9.89. The van der Waals surface area contributed by atoms with Crippen molar-refractivity contribution >= 4 is 45.3 Å². The molecule has 0 fully saturated rings. The van der Waals surface area contributed by atoms with Crippen molar-refractivity contribution in [3.63, 3.8) is 0 Å². The van der Waals surface area contributed by atoms with Gasteiger partial charge in [-0.1, -0.05) is 136 Å². The van der Waals surface area contributed by atoms with Crippen LogP contribution in [0.4, 0.5) is 0 Å². The molecule has 0 spiro atoms. The molecule has 9 heterocycles. The maximum Gasteiger partial charge on any atom is 0.152 e. The van der Waals surface area contributed by atoms with Gasteiger partial charge in [0.2, 0.25) is 0 Å². The molecule has 0 saturated heterocycles. The summed E-state index contributed by atoms with van der Waals surface area (Å²) in [4.78, 5) is 19.3. The number of para-hydroxylation sites is 2. The molecule has 0 aliphatic carbocycles. The number of hydrogen-bond donors (Lipinski definition) is 0. The molecule has 0 amide bonds. The van der Waals surface area contributed by atoms with Crippen LogP contribution in [-0.4, -0.2) is 21.6 Å². The first-order valence-electron chi connectivity index (χ1n) is 29.7. The first-order chi connectivity index (χ1) is 44.0. The minimum absolute atomic E-state index is 0.712. The van der Waals surface area contributed by atoms with Crippen LogP contribution in [0.2, 0.25) is 0 Å². The Morgan fingerprint density at radius 3 is 0.989 bits per heavy atom. The third kappa shape index (κ3) is 16.3. The van der Waals surface area contributed by atoms with Crippen LogP contribution >= 0.6 is 45.3 Å². The molecule has 89 heavy (non-hydrogen) atoms. The zero-order chi connectivity index (χ0) is 60.2. The lowest BCUT2D eigenvalue weighted by atomic mass is 10.0. The van der Waals surface area contributed by atoms with Crippen LogP contribution in [-0.2, 0) is 0 Å². The van der Waals surface area contributed by atoms with Crippen molar-refractivity contribution < 1.29 is 23.0 Å². The SMILES string of the molecule is CCCCCCCCOc1ccc(-c2cc(-c3cccs3)nc(-c3cccs3)c2)cc1.c1ccc(Oc2ccc(-c3cc(-c4ccco4)nc(-c4ccco4)c3)cc2)cc1.c1ccc(Oc2ccc(-c3cc(-c4cccs4)nc(-c4cccs4)c3)cc2)cc1. The second-order valence-corrected chi connectivity index (χ2v) is 24.6. The lowest BCUT2D eigenvalue weighted by Crippen LogP contribution is -1.97. The number of hydrogen-bond acceptors (Lipinski definition) is 12. The van der Waals surface area contributed by atoms with Crippen molar-refractivity contribution in [3.05, 3.63) is 277 Å². The van der Waals surface area contributed by atoms with Gasteiger partial charge in [0, 0.05) is 0 Å². The zero-order valence-corrected chi connectivity index (χ0v) is 52.3. The van der Waals surface area contributed by atoms with Crippen LogP contribution in [0.5, 0.6) is 28.7 Å². The van der Waals surface area contributed by atoms with E-state index in [-0.39, 0.29) is 0 Å². The molecule has 5 aromatic carbocycles. The molecule has 8 nitrogen and oxygen atoms in total. The highest BCUT2D eigenvalue weighted by molar-refractivity contribution is 7.14. The number of thiophene rings is 4. The van der Waals surface area contributed by atoms with E-state index in [0.717, 1.165) is 98.2 Å². The molecule has 14 aromatic rings. The van der Waals surface area contributed by atoms with E-state index in [9.17, 15) is 0 Å². The van der Waals surface area contributed by atoms with Gasteiger partial charge in [-0.05, 0) is 207 Å². The molecule has 0 bridgehead atoms. The van der Waals surface area contributed by atoms with E-state index in [1.165, 1.54) is 62.7 Å². The number of unbranched alkanes of at least 4 members (excludes halogenated alkanes) is 5. The second-order valence-electron chi connectivity index (χ2n) is 20.8. The molecule has 0 atom stereocenters. The molecule has 0 unspecified atom stereocenters. The van der Waals surface area contributed by atoms with Crippen molar-refractivity contribution in [1.29, 1.82) is 0 Å². The highest BCUT2D eigenvalue weighted by Gasteiger charge is 2.15. The lowest BCUT2D eigenvalue weighted by molar-refractivity contribution is 0.304. The minimum Gasteiger partial charge on any atom is -0.494 e. The summed E-state index contributed by atoms with van der Waals surface area (Å²) in [5.74, 6) is 5.63. The number of rotatable bonds is 21. The highest BCUT2D eigenvalue weighted by Crippen LogP contribution is 2.38. The number of benzene rings is 5. The normalized spacial score (nSPS) is 10.8. The summed E-state index contributed by atoms with van der Waals surface area (Å²) in [5.41, 5.74) is 12.3. The monoisotopic (exact) mass is 1240 g/mol. The van der Waals surface area contributed by atoms with Crippen LogP contribution in [0.15, 0.2) is 286 Å². The van der Waals surface area contributed by atoms with Crippen LogP contribution in [0.1, 0.15) is 45.4 Å². The van der Waals surface area contributed by atoms with Crippen LogP contribution in [0.3, 0.4) is 0 Å². The summed E-state index contributed by atoms with van der Waals surface area (Å²) < 4.78 is 28.9. The minimum atomic E-state index is 0.712. The van der Waals surface area contributed by atoms with Crippen molar-refractivity contribution in [2.75, 3.05) is 6.61 Å². The molecule has 0 aliphatic heterocycles. The Kier molecular flexibility index (Phi) is 20.3. The summed E-state index contributed by atoms with van der Waals surface area (Å²) in [7, 11) is 0. The van der Waals surface area contributed by atoms with E-state index >= 15 is 0 Å². The number of ether oxygens (including phenoxy) is 3. The maximum atomic E-state index is 5.96. The van der Waals surface area contributed by atoms with E-state index in [2.05, 4.69) is 138 Å². The molecule has 9 aromatic heterocycles. The predicted octanol–water partition coefficient (Wildman–Crippen LogP) is 24.0. The Morgan fingerprint density at radius 1 is 0.303 bits per heavy atom. The average molecular weight is 1240 g/mol. The molecule has 0 N–H and O–H groups in total. The predicted molar refractivity (Wildman–Crippen MR) is 370 cm³/mol. The summed E-state index contributed by atoms with van der Waals surface area (Å²) in [5, 5.41) is 8.38. The van der Waals surface area contributed by atoms with Crippen molar-refractivity contribution in [2.24, 2.45) is 0 Å². The Hall–Kier alpha value is -9.69. The number of furan rings is 2. The van der Waals surface area contributed by atoms with Crippen molar-refractivity contribution in [3.8, 4) is 127 Å². The van der Waals surface area contributed by atoms with E-state index in [0.29, 0.717) is 11.5 Å². The average Bonchev–Trinajstić information content (AvgIpc) is 2.79. The summed E-state index contributed by atoms with van der Waals surface area (Å²) >= 11 is 6.87. The molecule has 0 radical (unpaired) electrons. The Balaban J connectivity index is 0.000000130. The van der Waals surface area contributed by atoms with Crippen LogP contribution in [0.25, 0.3) is 98.6 Å². The van der Waals surface area contributed by atoms with E-state index in [1.54, 1.807) is 57.9 Å². The van der Waals surface area contributed by atoms with E-state index in [4.69, 9.17) is 38.0 Å². The number of nitrogens with zero attached hydrogens (tertiary/aromatic N) is 3. The standard InChI is InChI=1S/C27H29NOS2.C25H17NO3.C25H17NOS2/c1-2-3-4-5-6-7-16-29-23-14-12-21(13-15-23)22-19-24(26-10-8-17-30-26)28-25(20-22)27-11-9-18-31-27;1-2-6-20(7-3-1)29-21-12-10-18(11-13-21)19-16-22(24-8-4-14-27-24)26-23(17-19)25-9-5-15-28-25;1-2-6-20(7-3-1)27-21-12-10-18(11-13-21)19-16-22(24-8-4-14-28-24)26-23(17-19)25-9-5-15-29-25/h8-15,17-20H,2-7,16H2,1H3;2*1-17H. The third-order valence-electron chi connectivity index (χ3n) is 14.4. The number of pyridine rings is 3.